The minimum Gasteiger partial charge on any atom is -0.334 e. The van der Waals surface area contributed by atoms with Gasteiger partial charge >= 0.3 is 0 Å². The van der Waals surface area contributed by atoms with Crippen LogP contribution in [0.15, 0.2) is 27.2 Å². The maximum absolute atomic E-state index is 13.8. The number of rotatable bonds is 4. The van der Waals surface area contributed by atoms with E-state index in [1.807, 2.05) is 0 Å². The summed E-state index contributed by atoms with van der Waals surface area (Å²) in [6.45, 7) is 0.559. The fourth-order valence-electron chi connectivity index (χ4n) is 1.63. The summed E-state index contributed by atoms with van der Waals surface area (Å²) in [5.74, 6) is 0.375. The van der Waals surface area contributed by atoms with Gasteiger partial charge < -0.3 is 9.84 Å². The van der Waals surface area contributed by atoms with Gasteiger partial charge in [0.1, 0.15) is 5.82 Å². The van der Waals surface area contributed by atoms with E-state index in [0.717, 1.165) is 0 Å². The maximum atomic E-state index is 13.8. The molecular formula is C12H11BrFN3O. The van der Waals surface area contributed by atoms with Gasteiger partial charge in [-0.1, -0.05) is 11.2 Å². The van der Waals surface area contributed by atoms with Crippen LogP contribution < -0.4 is 5.32 Å². The van der Waals surface area contributed by atoms with E-state index >= 15 is 0 Å². The van der Waals surface area contributed by atoms with E-state index in [1.54, 1.807) is 18.2 Å². The summed E-state index contributed by atoms with van der Waals surface area (Å²) in [7, 11) is 0. The fourth-order valence-corrected chi connectivity index (χ4v) is 1.99. The first kappa shape index (κ1) is 11.8. The normalized spacial score (nSPS) is 15.0. The second kappa shape index (κ2) is 4.78. The van der Waals surface area contributed by atoms with Gasteiger partial charge in [0.2, 0.25) is 0 Å². The Morgan fingerprint density at radius 2 is 2.28 bits per heavy atom. The number of hydrogen-bond donors (Lipinski definition) is 1. The van der Waals surface area contributed by atoms with E-state index < -0.39 is 0 Å². The summed E-state index contributed by atoms with van der Waals surface area (Å²) >= 11 is 3.13. The summed E-state index contributed by atoms with van der Waals surface area (Å²) in [6.07, 6.45) is 2.40. The highest BCUT2D eigenvalue weighted by atomic mass is 79.9. The highest BCUT2D eigenvalue weighted by Crippen LogP contribution is 2.26. The fraction of sp³-hybridized carbons (Fsp3) is 0.333. The van der Waals surface area contributed by atoms with Gasteiger partial charge in [-0.05, 0) is 40.9 Å². The van der Waals surface area contributed by atoms with Gasteiger partial charge in [0.15, 0.2) is 5.82 Å². The molecule has 1 heterocycles. The molecule has 2 aromatic rings. The number of aromatic nitrogens is 2. The molecule has 18 heavy (non-hydrogen) atoms. The molecule has 1 aliphatic rings. The molecule has 1 saturated carbocycles. The van der Waals surface area contributed by atoms with Crippen LogP contribution in [0.4, 0.5) is 4.39 Å². The molecule has 1 N–H and O–H groups in total. The molecule has 0 unspecified atom stereocenters. The van der Waals surface area contributed by atoms with Gasteiger partial charge in [0.05, 0.1) is 16.6 Å². The Labute approximate surface area is 112 Å². The first-order valence-corrected chi connectivity index (χ1v) is 6.53. The third-order valence-corrected chi connectivity index (χ3v) is 3.39. The van der Waals surface area contributed by atoms with Crippen LogP contribution in [0.2, 0.25) is 0 Å². The summed E-state index contributed by atoms with van der Waals surface area (Å²) in [6, 6.07) is 5.56. The molecule has 3 rings (SSSR count). The van der Waals surface area contributed by atoms with Crippen molar-refractivity contribution in [3.63, 3.8) is 0 Å². The van der Waals surface area contributed by atoms with Crippen LogP contribution in [0.25, 0.3) is 11.5 Å². The molecule has 0 spiro atoms. The second-order valence-electron chi connectivity index (χ2n) is 4.27. The summed E-state index contributed by atoms with van der Waals surface area (Å²) in [5, 5.41) is 7.11. The van der Waals surface area contributed by atoms with E-state index in [9.17, 15) is 4.39 Å². The summed E-state index contributed by atoms with van der Waals surface area (Å²) in [5.41, 5.74) is 0.314. The smallest absolute Gasteiger partial charge is 0.260 e. The average Bonchev–Trinajstić information content (AvgIpc) is 3.08. The van der Waals surface area contributed by atoms with Crippen LogP contribution in [-0.2, 0) is 6.54 Å². The molecule has 1 fully saturated rings. The zero-order valence-electron chi connectivity index (χ0n) is 9.49. The maximum Gasteiger partial charge on any atom is 0.260 e. The van der Waals surface area contributed by atoms with E-state index in [2.05, 4.69) is 31.4 Å². The van der Waals surface area contributed by atoms with Crippen molar-refractivity contribution in [3.8, 4) is 11.5 Å². The van der Waals surface area contributed by atoms with Gasteiger partial charge in [-0.2, -0.15) is 4.98 Å². The Bertz CT molecular complexity index is 568. The van der Waals surface area contributed by atoms with Crippen LogP contribution in [-0.4, -0.2) is 16.2 Å². The number of nitrogens with zero attached hydrogens (tertiary/aromatic N) is 2. The Hall–Kier alpha value is -1.27. The van der Waals surface area contributed by atoms with E-state index in [1.165, 1.54) is 12.8 Å². The van der Waals surface area contributed by atoms with E-state index in [4.69, 9.17) is 4.52 Å². The molecule has 0 atom stereocenters. The zero-order chi connectivity index (χ0) is 12.5. The Kier molecular flexibility index (Phi) is 3.13. The Morgan fingerprint density at radius 3 is 3.06 bits per heavy atom. The summed E-state index contributed by atoms with van der Waals surface area (Å²) in [4.78, 5) is 4.18. The molecule has 6 heteroatoms. The first-order valence-electron chi connectivity index (χ1n) is 5.74. The van der Waals surface area contributed by atoms with Crippen molar-refractivity contribution in [2.75, 3.05) is 0 Å². The predicted octanol–water partition coefficient (Wildman–Crippen LogP) is 2.89. The van der Waals surface area contributed by atoms with Crippen molar-refractivity contribution in [3.05, 3.63) is 34.3 Å². The third kappa shape index (κ3) is 2.44. The molecule has 4 nitrogen and oxygen atoms in total. The number of nitrogens with one attached hydrogen (secondary N) is 1. The molecule has 0 aliphatic heterocycles. The lowest BCUT2D eigenvalue weighted by Gasteiger charge is -1.98. The van der Waals surface area contributed by atoms with E-state index in [0.29, 0.717) is 28.4 Å². The van der Waals surface area contributed by atoms with Gasteiger partial charge in [-0.3, -0.25) is 0 Å². The van der Waals surface area contributed by atoms with Gasteiger partial charge in [0.25, 0.3) is 5.89 Å². The predicted molar refractivity (Wildman–Crippen MR) is 67.3 cm³/mol. The molecule has 0 saturated heterocycles. The van der Waals surface area contributed by atoms with Crippen LogP contribution in [0.3, 0.4) is 0 Å². The van der Waals surface area contributed by atoms with Crippen LogP contribution in [0.5, 0.6) is 0 Å². The second-order valence-corrected chi connectivity index (χ2v) is 5.13. The number of halogens is 2. The van der Waals surface area contributed by atoms with Crippen molar-refractivity contribution < 1.29 is 8.91 Å². The molecule has 1 aromatic heterocycles. The largest absolute Gasteiger partial charge is 0.334 e. The quantitative estimate of drug-likeness (QED) is 0.943. The highest BCUT2D eigenvalue weighted by Gasteiger charge is 2.21. The standard InChI is InChI=1S/C12H11BrFN3O/c13-9-3-1-2-8(11(9)14)12-16-10(17-18-12)6-15-7-4-5-7/h1-3,7,15H,4-6H2. The van der Waals surface area contributed by atoms with Crippen molar-refractivity contribution in [2.45, 2.75) is 25.4 Å². The van der Waals surface area contributed by atoms with Gasteiger partial charge in [0, 0.05) is 6.04 Å². The molecule has 1 aliphatic carbocycles. The monoisotopic (exact) mass is 311 g/mol. The lowest BCUT2D eigenvalue weighted by atomic mass is 10.2. The van der Waals surface area contributed by atoms with E-state index in [-0.39, 0.29) is 11.7 Å². The molecule has 94 valence electrons. The molecule has 0 bridgehead atoms. The van der Waals surface area contributed by atoms with Crippen LogP contribution in [0.1, 0.15) is 18.7 Å². The van der Waals surface area contributed by atoms with Crippen molar-refractivity contribution >= 4 is 15.9 Å². The first-order chi connectivity index (χ1) is 8.74. The van der Waals surface area contributed by atoms with Gasteiger partial charge in [-0.15, -0.1) is 0 Å². The average molecular weight is 312 g/mol. The molecule has 1 aromatic carbocycles. The topological polar surface area (TPSA) is 51.0 Å². The Morgan fingerprint density at radius 1 is 1.44 bits per heavy atom. The van der Waals surface area contributed by atoms with Crippen molar-refractivity contribution in [2.24, 2.45) is 0 Å². The highest BCUT2D eigenvalue weighted by molar-refractivity contribution is 9.10. The van der Waals surface area contributed by atoms with Crippen molar-refractivity contribution in [1.82, 2.24) is 15.5 Å². The zero-order valence-corrected chi connectivity index (χ0v) is 11.1. The SMILES string of the molecule is Fc1c(Br)cccc1-c1nc(CNC2CC2)no1. The lowest BCUT2D eigenvalue weighted by molar-refractivity contribution is 0.417. The van der Waals surface area contributed by atoms with Crippen LogP contribution in [0, 0.1) is 5.82 Å². The number of hydrogen-bond acceptors (Lipinski definition) is 4. The lowest BCUT2D eigenvalue weighted by Crippen LogP contribution is -2.16. The van der Waals surface area contributed by atoms with Crippen LogP contribution >= 0.6 is 15.9 Å². The minimum atomic E-state index is -0.386. The minimum absolute atomic E-state index is 0.210. The molecular weight excluding hydrogens is 301 g/mol. The third-order valence-electron chi connectivity index (χ3n) is 2.78. The number of benzene rings is 1. The van der Waals surface area contributed by atoms with Crippen molar-refractivity contribution in [1.29, 1.82) is 0 Å². The summed E-state index contributed by atoms with van der Waals surface area (Å²) < 4.78 is 19.3. The molecule has 0 radical (unpaired) electrons. The molecule has 0 amide bonds. The Balaban J connectivity index is 1.80. The van der Waals surface area contributed by atoms with Gasteiger partial charge in [-0.25, -0.2) is 4.39 Å².